The van der Waals surface area contributed by atoms with Gasteiger partial charge in [0.1, 0.15) is 0 Å². The van der Waals surface area contributed by atoms with E-state index in [0.29, 0.717) is 6.42 Å². The number of primary amides is 1. The molecular formula is C12H17FN2O2. The first-order valence-electron chi connectivity index (χ1n) is 5.48. The predicted octanol–water partition coefficient (Wildman–Crippen LogP) is 0.970. The largest absolute Gasteiger partial charge is 0.481 e. The van der Waals surface area contributed by atoms with Crippen molar-refractivity contribution < 1.29 is 13.9 Å². The average molecular weight is 240 g/mol. The van der Waals surface area contributed by atoms with Gasteiger partial charge in [-0.3, -0.25) is 4.79 Å². The normalized spacial score (nSPS) is 12.2. The Labute approximate surface area is 99.7 Å². The molecule has 0 aromatic heterocycles. The zero-order chi connectivity index (χ0) is 12.8. The molecule has 0 saturated heterocycles. The Morgan fingerprint density at radius 2 is 2.24 bits per heavy atom. The molecule has 1 aromatic rings. The predicted molar refractivity (Wildman–Crippen MR) is 63.1 cm³/mol. The molecule has 17 heavy (non-hydrogen) atoms. The van der Waals surface area contributed by atoms with Crippen LogP contribution in [0, 0.1) is 5.82 Å². The van der Waals surface area contributed by atoms with Gasteiger partial charge in [0.25, 0.3) is 5.91 Å². The summed E-state index contributed by atoms with van der Waals surface area (Å²) in [5.41, 5.74) is 11.5. The maximum absolute atomic E-state index is 13.5. The van der Waals surface area contributed by atoms with Crippen molar-refractivity contribution in [1.82, 2.24) is 0 Å². The Balaban J connectivity index is 2.68. The number of halogens is 1. The van der Waals surface area contributed by atoms with Crippen molar-refractivity contribution in [2.45, 2.75) is 25.8 Å². The fourth-order valence-electron chi connectivity index (χ4n) is 1.38. The SMILES string of the molecule is CCC(N)Cc1ccc(OCC(N)=O)c(F)c1. The van der Waals surface area contributed by atoms with Crippen LogP contribution in [0.4, 0.5) is 4.39 Å². The van der Waals surface area contributed by atoms with E-state index in [9.17, 15) is 9.18 Å². The highest BCUT2D eigenvalue weighted by Gasteiger charge is 2.08. The van der Waals surface area contributed by atoms with E-state index in [1.54, 1.807) is 6.07 Å². The summed E-state index contributed by atoms with van der Waals surface area (Å²) in [6.07, 6.45) is 1.45. The number of hydrogen-bond acceptors (Lipinski definition) is 3. The molecule has 1 rings (SSSR count). The van der Waals surface area contributed by atoms with Crippen LogP contribution in [0.5, 0.6) is 5.75 Å². The number of ether oxygens (including phenoxy) is 1. The maximum Gasteiger partial charge on any atom is 0.255 e. The molecule has 0 saturated carbocycles. The third-order valence-corrected chi connectivity index (χ3v) is 2.39. The second kappa shape index (κ2) is 6.20. The first-order chi connectivity index (χ1) is 8.02. The van der Waals surface area contributed by atoms with Crippen molar-refractivity contribution in [1.29, 1.82) is 0 Å². The van der Waals surface area contributed by atoms with Crippen molar-refractivity contribution in [2.24, 2.45) is 11.5 Å². The van der Waals surface area contributed by atoms with Crippen molar-refractivity contribution in [3.63, 3.8) is 0 Å². The van der Waals surface area contributed by atoms with Crippen LogP contribution >= 0.6 is 0 Å². The highest BCUT2D eigenvalue weighted by Crippen LogP contribution is 2.19. The summed E-state index contributed by atoms with van der Waals surface area (Å²) in [6, 6.07) is 4.60. The third-order valence-electron chi connectivity index (χ3n) is 2.39. The first-order valence-corrected chi connectivity index (χ1v) is 5.48. The quantitative estimate of drug-likeness (QED) is 0.777. The summed E-state index contributed by atoms with van der Waals surface area (Å²) in [6.45, 7) is 1.65. The molecule has 5 heteroatoms. The number of carbonyl (C=O) groups excluding carboxylic acids is 1. The van der Waals surface area contributed by atoms with Gasteiger partial charge >= 0.3 is 0 Å². The van der Waals surface area contributed by atoms with E-state index >= 15 is 0 Å². The van der Waals surface area contributed by atoms with Crippen LogP contribution in [0.15, 0.2) is 18.2 Å². The van der Waals surface area contributed by atoms with Crippen LogP contribution in [0.3, 0.4) is 0 Å². The fraction of sp³-hybridized carbons (Fsp3) is 0.417. The lowest BCUT2D eigenvalue weighted by atomic mass is 10.0. The standard InChI is InChI=1S/C12H17FN2O2/c1-2-9(14)5-8-3-4-11(10(13)6-8)17-7-12(15)16/h3-4,6,9H,2,5,7,14H2,1H3,(H2,15,16). The lowest BCUT2D eigenvalue weighted by Crippen LogP contribution is -2.22. The van der Waals surface area contributed by atoms with Gasteiger partial charge in [-0.05, 0) is 30.5 Å². The Bertz CT molecular complexity index is 396. The maximum atomic E-state index is 13.5. The topological polar surface area (TPSA) is 78.3 Å². The van der Waals surface area contributed by atoms with Crippen LogP contribution in [-0.4, -0.2) is 18.6 Å². The van der Waals surface area contributed by atoms with E-state index in [4.69, 9.17) is 16.2 Å². The van der Waals surface area contributed by atoms with Gasteiger partial charge in [-0.2, -0.15) is 0 Å². The zero-order valence-electron chi connectivity index (χ0n) is 9.78. The average Bonchev–Trinajstić information content (AvgIpc) is 2.27. The lowest BCUT2D eigenvalue weighted by molar-refractivity contribution is -0.120. The molecular weight excluding hydrogens is 223 g/mol. The minimum absolute atomic E-state index is 0.0202. The summed E-state index contributed by atoms with van der Waals surface area (Å²) < 4.78 is 18.4. The molecule has 0 fully saturated rings. The summed E-state index contributed by atoms with van der Waals surface area (Å²) in [5.74, 6) is -1.12. The highest BCUT2D eigenvalue weighted by molar-refractivity contribution is 5.75. The smallest absolute Gasteiger partial charge is 0.255 e. The molecule has 0 aliphatic rings. The first kappa shape index (κ1) is 13.4. The molecule has 0 heterocycles. The van der Waals surface area contributed by atoms with E-state index in [1.165, 1.54) is 12.1 Å². The highest BCUT2D eigenvalue weighted by atomic mass is 19.1. The van der Waals surface area contributed by atoms with Crippen LogP contribution in [-0.2, 0) is 11.2 Å². The molecule has 4 N–H and O–H groups in total. The number of rotatable bonds is 6. The molecule has 1 unspecified atom stereocenters. The van der Waals surface area contributed by atoms with Gasteiger partial charge in [0, 0.05) is 6.04 Å². The molecule has 1 aromatic carbocycles. The van der Waals surface area contributed by atoms with E-state index in [2.05, 4.69) is 0 Å². The van der Waals surface area contributed by atoms with Crippen LogP contribution in [0.25, 0.3) is 0 Å². The van der Waals surface area contributed by atoms with E-state index in [0.717, 1.165) is 12.0 Å². The molecule has 1 amide bonds. The molecule has 4 nitrogen and oxygen atoms in total. The van der Waals surface area contributed by atoms with Crippen LogP contribution in [0.1, 0.15) is 18.9 Å². The van der Waals surface area contributed by atoms with Gasteiger partial charge in [0.15, 0.2) is 18.2 Å². The fourth-order valence-corrected chi connectivity index (χ4v) is 1.38. The number of nitrogens with two attached hydrogens (primary N) is 2. The van der Waals surface area contributed by atoms with Gasteiger partial charge in [-0.15, -0.1) is 0 Å². The molecule has 0 bridgehead atoms. The molecule has 1 atom stereocenters. The molecule has 0 spiro atoms. The second-order valence-corrected chi connectivity index (χ2v) is 3.89. The minimum Gasteiger partial charge on any atom is -0.481 e. The number of hydrogen-bond donors (Lipinski definition) is 2. The van der Waals surface area contributed by atoms with E-state index < -0.39 is 11.7 Å². The summed E-state index contributed by atoms with van der Waals surface area (Å²) >= 11 is 0. The Kier molecular flexibility index (Phi) is 4.90. The zero-order valence-corrected chi connectivity index (χ0v) is 9.78. The summed E-state index contributed by atoms with van der Waals surface area (Å²) in [4.78, 5) is 10.5. The summed E-state index contributed by atoms with van der Waals surface area (Å²) in [5, 5.41) is 0. The van der Waals surface area contributed by atoms with Crippen molar-refractivity contribution >= 4 is 5.91 Å². The van der Waals surface area contributed by atoms with E-state index in [-0.39, 0.29) is 18.4 Å². The minimum atomic E-state index is -0.638. The lowest BCUT2D eigenvalue weighted by Gasteiger charge is -2.10. The van der Waals surface area contributed by atoms with Crippen molar-refractivity contribution in [3.05, 3.63) is 29.6 Å². The van der Waals surface area contributed by atoms with Gasteiger partial charge in [-0.1, -0.05) is 13.0 Å². The van der Waals surface area contributed by atoms with Gasteiger partial charge in [0.2, 0.25) is 0 Å². The van der Waals surface area contributed by atoms with Gasteiger partial charge in [0.05, 0.1) is 0 Å². The van der Waals surface area contributed by atoms with Crippen molar-refractivity contribution in [2.75, 3.05) is 6.61 Å². The molecule has 0 aliphatic heterocycles. The Morgan fingerprint density at radius 3 is 2.76 bits per heavy atom. The third kappa shape index (κ3) is 4.40. The number of amides is 1. The Morgan fingerprint density at radius 1 is 1.53 bits per heavy atom. The second-order valence-electron chi connectivity index (χ2n) is 3.89. The number of carbonyl (C=O) groups is 1. The van der Waals surface area contributed by atoms with Gasteiger partial charge < -0.3 is 16.2 Å². The molecule has 94 valence electrons. The van der Waals surface area contributed by atoms with Crippen LogP contribution in [0.2, 0.25) is 0 Å². The monoisotopic (exact) mass is 240 g/mol. The molecule has 0 aliphatic carbocycles. The summed E-state index contributed by atoms with van der Waals surface area (Å²) in [7, 11) is 0. The van der Waals surface area contributed by atoms with Gasteiger partial charge in [-0.25, -0.2) is 4.39 Å². The number of benzene rings is 1. The van der Waals surface area contributed by atoms with E-state index in [1.807, 2.05) is 6.92 Å². The molecule has 0 radical (unpaired) electrons. The van der Waals surface area contributed by atoms with Crippen molar-refractivity contribution in [3.8, 4) is 5.75 Å². The van der Waals surface area contributed by atoms with Crippen LogP contribution < -0.4 is 16.2 Å². The Hall–Kier alpha value is -1.62.